The van der Waals surface area contributed by atoms with Crippen LogP contribution in [0.5, 0.6) is 5.75 Å². The number of amides is 1. The molecule has 4 nitrogen and oxygen atoms in total. The van der Waals surface area contributed by atoms with Gasteiger partial charge in [-0.3, -0.25) is 4.79 Å². The Bertz CT molecular complexity index is 465. The Morgan fingerprint density at radius 3 is 3.00 bits per heavy atom. The Balaban J connectivity index is 0.00000220. The van der Waals surface area contributed by atoms with Crippen LogP contribution in [0.2, 0.25) is 0 Å². The zero-order valence-corrected chi connectivity index (χ0v) is 14.1. The minimum atomic E-state index is 0. The summed E-state index contributed by atoms with van der Waals surface area (Å²) >= 11 is 1.90. The monoisotopic (exact) mass is 330 g/mol. The van der Waals surface area contributed by atoms with Gasteiger partial charge < -0.3 is 15.4 Å². The summed E-state index contributed by atoms with van der Waals surface area (Å²) in [6.07, 6.45) is 0.506. The SMILES string of the molecule is CCOc1cc(C)ccc1NC(=O)CC1CSCCN1.Cl. The number of carbonyl (C=O) groups excluding carboxylic acids is 1. The zero-order valence-electron chi connectivity index (χ0n) is 12.5. The van der Waals surface area contributed by atoms with E-state index in [0.29, 0.717) is 13.0 Å². The molecule has 0 aliphatic carbocycles. The number of rotatable bonds is 5. The van der Waals surface area contributed by atoms with E-state index in [-0.39, 0.29) is 24.4 Å². The summed E-state index contributed by atoms with van der Waals surface area (Å²) in [5.74, 6) is 2.91. The van der Waals surface area contributed by atoms with Crippen LogP contribution in [-0.4, -0.2) is 36.6 Å². The average molecular weight is 331 g/mol. The maximum Gasteiger partial charge on any atom is 0.226 e. The Morgan fingerprint density at radius 2 is 2.33 bits per heavy atom. The highest BCUT2D eigenvalue weighted by molar-refractivity contribution is 7.99. The van der Waals surface area contributed by atoms with E-state index < -0.39 is 0 Å². The molecule has 1 amide bonds. The summed E-state index contributed by atoms with van der Waals surface area (Å²) in [6.45, 7) is 5.53. The van der Waals surface area contributed by atoms with Gasteiger partial charge in [0.25, 0.3) is 0 Å². The molecule has 0 radical (unpaired) electrons. The lowest BCUT2D eigenvalue weighted by Gasteiger charge is -2.22. The zero-order chi connectivity index (χ0) is 14.4. The number of hydrogen-bond donors (Lipinski definition) is 2. The van der Waals surface area contributed by atoms with Crippen LogP contribution < -0.4 is 15.4 Å². The molecule has 1 atom stereocenters. The number of carbonyl (C=O) groups is 1. The first kappa shape index (κ1) is 18.1. The summed E-state index contributed by atoms with van der Waals surface area (Å²) in [6, 6.07) is 6.11. The summed E-state index contributed by atoms with van der Waals surface area (Å²) in [5, 5.41) is 6.33. The van der Waals surface area contributed by atoms with E-state index in [4.69, 9.17) is 4.74 Å². The minimum Gasteiger partial charge on any atom is -0.492 e. The van der Waals surface area contributed by atoms with E-state index in [1.807, 2.05) is 43.8 Å². The fourth-order valence-corrected chi connectivity index (χ4v) is 3.13. The van der Waals surface area contributed by atoms with Crippen molar-refractivity contribution in [2.45, 2.75) is 26.3 Å². The number of benzene rings is 1. The summed E-state index contributed by atoms with van der Waals surface area (Å²) in [4.78, 5) is 12.1. The van der Waals surface area contributed by atoms with Crippen molar-refractivity contribution in [1.82, 2.24) is 5.32 Å². The maximum atomic E-state index is 12.1. The van der Waals surface area contributed by atoms with Gasteiger partial charge in [0.2, 0.25) is 5.91 Å². The van der Waals surface area contributed by atoms with Crippen molar-refractivity contribution in [3.63, 3.8) is 0 Å². The fraction of sp³-hybridized carbons (Fsp3) is 0.533. The van der Waals surface area contributed by atoms with Crippen LogP contribution >= 0.6 is 24.2 Å². The Kier molecular flexibility index (Phi) is 7.93. The number of ether oxygens (including phenoxy) is 1. The molecule has 1 aromatic carbocycles. The van der Waals surface area contributed by atoms with Crippen molar-refractivity contribution >= 4 is 35.8 Å². The topological polar surface area (TPSA) is 50.4 Å². The molecule has 1 aliphatic heterocycles. The predicted molar refractivity (Wildman–Crippen MR) is 92.0 cm³/mol. The van der Waals surface area contributed by atoms with Gasteiger partial charge in [0.1, 0.15) is 5.75 Å². The fourth-order valence-electron chi connectivity index (χ4n) is 2.18. The van der Waals surface area contributed by atoms with Gasteiger partial charge in [0.15, 0.2) is 0 Å². The molecule has 1 heterocycles. The van der Waals surface area contributed by atoms with E-state index in [2.05, 4.69) is 10.6 Å². The molecule has 0 spiro atoms. The van der Waals surface area contributed by atoms with Gasteiger partial charge in [-0.1, -0.05) is 6.07 Å². The molecule has 1 saturated heterocycles. The number of halogens is 1. The van der Waals surface area contributed by atoms with Crippen LogP contribution in [0.1, 0.15) is 18.9 Å². The first-order chi connectivity index (χ1) is 9.69. The molecule has 1 fully saturated rings. The summed E-state index contributed by atoms with van der Waals surface area (Å²) in [5.41, 5.74) is 1.88. The van der Waals surface area contributed by atoms with Crippen LogP contribution in [-0.2, 0) is 4.79 Å². The highest BCUT2D eigenvalue weighted by Crippen LogP contribution is 2.26. The van der Waals surface area contributed by atoms with Gasteiger partial charge in [0.05, 0.1) is 12.3 Å². The van der Waals surface area contributed by atoms with Crippen molar-refractivity contribution in [2.24, 2.45) is 0 Å². The molecule has 6 heteroatoms. The van der Waals surface area contributed by atoms with Gasteiger partial charge in [0, 0.05) is 30.5 Å². The lowest BCUT2D eigenvalue weighted by Crippen LogP contribution is -2.39. The predicted octanol–water partition coefficient (Wildman–Crippen LogP) is 2.85. The number of nitrogens with one attached hydrogen (secondary N) is 2. The second-order valence-electron chi connectivity index (χ2n) is 4.91. The van der Waals surface area contributed by atoms with E-state index in [9.17, 15) is 4.79 Å². The number of aryl methyl sites for hydroxylation is 1. The third-order valence-electron chi connectivity index (χ3n) is 3.14. The van der Waals surface area contributed by atoms with E-state index in [0.717, 1.165) is 35.1 Å². The van der Waals surface area contributed by atoms with Crippen molar-refractivity contribution in [2.75, 3.05) is 30.0 Å². The number of hydrogen-bond acceptors (Lipinski definition) is 4. The first-order valence-electron chi connectivity index (χ1n) is 7.03. The molecule has 1 aromatic rings. The Hall–Kier alpha value is -0.910. The second-order valence-corrected chi connectivity index (χ2v) is 6.06. The standard InChI is InChI=1S/C15H22N2O2S.ClH/c1-3-19-14-8-11(2)4-5-13(14)17-15(18)9-12-10-20-7-6-16-12;/h4-5,8,12,16H,3,6-7,9-10H2,1-2H3,(H,17,18);1H. The van der Waals surface area contributed by atoms with Crippen LogP contribution in [0.15, 0.2) is 18.2 Å². The molecule has 1 aliphatic rings. The third kappa shape index (κ3) is 5.77. The van der Waals surface area contributed by atoms with Gasteiger partial charge >= 0.3 is 0 Å². The van der Waals surface area contributed by atoms with Crippen LogP contribution in [0, 0.1) is 6.92 Å². The largest absolute Gasteiger partial charge is 0.492 e. The Labute approximate surface area is 136 Å². The van der Waals surface area contributed by atoms with Crippen molar-refractivity contribution in [3.05, 3.63) is 23.8 Å². The van der Waals surface area contributed by atoms with Gasteiger partial charge in [-0.2, -0.15) is 11.8 Å². The van der Waals surface area contributed by atoms with E-state index in [1.54, 1.807) is 0 Å². The van der Waals surface area contributed by atoms with Crippen molar-refractivity contribution in [1.29, 1.82) is 0 Å². The molecule has 1 unspecified atom stereocenters. The highest BCUT2D eigenvalue weighted by Gasteiger charge is 2.17. The molecule has 0 aromatic heterocycles. The maximum absolute atomic E-state index is 12.1. The van der Waals surface area contributed by atoms with E-state index in [1.165, 1.54) is 0 Å². The van der Waals surface area contributed by atoms with Crippen LogP contribution in [0.25, 0.3) is 0 Å². The van der Waals surface area contributed by atoms with Crippen LogP contribution in [0.3, 0.4) is 0 Å². The second kappa shape index (κ2) is 9.18. The molecule has 0 saturated carbocycles. The lowest BCUT2D eigenvalue weighted by molar-refractivity contribution is -0.116. The Morgan fingerprint density at radius 1 is 1.52 bits per heavy atom. The molecule has 2 N–H and O–H groups in total. The van der Waals surface area contributed by atoms with Gasteiger partial charge in [-0.15, -0.1) is 12.4 Å². The molecule has 2 rings (SSSR count). The third-order valence-corrected chi connectivity index (χ3v) is 4.27. The first-order valence-corrected chi connectivity index (χ1v) is 8.19. The molecule has 0 bridgehead atoms. The number of thioether (sulfide) groups is 1. The normalized spacial score (nSPS) is 17.7. The summed E-state index contributed by atoms with van der Waals surface area (Å²) < 4.78 is 5.57. The molecular formula is C15H23ClN2O2S. The lowest BCUT2D eigenvalue weighted by atomic mass is 10.2. The minimum absolute atomic E-state index is 0. The van der Waals surface area contributed by atoms with E-state index >= 15 is 0 Å². The average Bonchev–Trinajstić information content (AvgIpc) is 2.43. The van der Waals surface area contributed by atoms with Gasteiger partial charge in [-0.25, -0.2) is 0 Å². The molecule has 118 valence electrons. The molecule has 21 heavy (non-hydrogen) atoms. The van der Waals surface area contributed by atoms with Crippen molar-refractivity contribution in [3.8, 4) is 5.75 Å². The highest BCUT2D eigenvalue weighted by atomic mass is 35.5. The smallest absolute Gasteiger partial charge is 0.226 e. The quantitative estimate of drug-likeness (QED) is 0.871. The number of anilines is 1. The summed E-state index contributed by atoms with van der Waals surface area (Å²) in [7, 11) is 0. The molecular weight excluding hydrogens is 308 g/mol. The van der Waals surface area contributed by atoms with Gasteiger partial charge in [-0.05, 0) is 31.5 Å². The van der Waals surface area contributed by atoms with Crippen LogP contribution in [0.4, 0.5) is 5.69 Å². The van der Waals surface area contributed by atoms with Crippen molar-refractivity contribution < 1.29 is 9.53 Å².